The van der Waals surface area contributed by atoms with Gasteiger partial charge in [0.1, 0.15) is 0 Å². The number of fused-ring (bicyclic) bond motifs is 1. The molecule has 0 amide bonds. The lowest BCUT2D eigenvalue weighted by molar-refractivity contribution is 0.288. The highest BCUT2D eigenvalue weighted by Crippen LogP contribution is 2.21. The van der Waals surface area contributed by atoms with E-state index in [1.165, 1.54) is 16.7 Å². The van der Waals surface area contributed by atoms with E-state index < -0.39 is 0 Å². The van der Waals surface area contributed by atoms with E-state index in [9.17, 15) is 0 Å². The van der Waals surface area contributed by atoms with E-state index in [1.807, 2.05) is 0 Å². The summed E-state index contributed by atoms with van der Waals surface area (Å²) >= 11 is 0. The van der Waals surface area contributed by atoms with Crippen molar-refractivity contribution < 1.29 is 5.11 Å². The minimum Gasteiger partial charge on any atom is -0.396 e. The van der Waals surface area contributed by atoms with Crippen LogP contribution in [0.25, 0.3) is 6.08 Å². The van der Waals surface area contributed by atoms with Gasteiger partial charge in [-0.15, -0.1) is 0 Å². The van der Waals surface area contributed by atoms with Crippen molar-refractivity contribution in [3.8, 4) is 0 Å². The lowest BCUT2D eigenvalue weighted by Gasteiger charge is -2.03. The van der Waals surface area contributed by atoms with E-state index in [2.05, 4.69) is 30.4 Å². The molecular weight excluding hydrogens is 160 g/mol. The second-order valence-corrected chi connectivity index (χ2v) is 3.47. The van der Waals surface area contributed by atoms with Gasteiger partial charge in [0.25, 0.3) is 0 Å². The van der Waals surface area contributed by atoms with Crippen LogP contribution in [0.4, 0.5) is 0 Å². The molecule has 1 nitrogen and oxygen atoms in total. The number of aliphatic hydroxyl groups is 1. The van der Waals surface area contributed by atoms with Crippen LogP contribution in [0.3, 0.4) is 0 Å². The van der Waals surface area contributed by atoms with Crippen molar-refractivity contribution in [2.24, 2.45) is 0 Å². The van der Waals surface area contributed by atoms with Crippen LogP contribution >= 0.6 is 0 Å². The van der Waals surface area contributed by atoms with Crippen molar-refractivity contribution in [1.82, 2.24) is 0 Å². The summed E-state index contributed by atoms with van der Waals surface area (Å²) in [7, 11) is 0. The number of aryl methyl sites for hydroxylation is 1. The first-order valence-electron chi connectivity index (χ1n) is 4.79. The van der Waals surface area contributed by atoms with Crippen LogP contribution in [0, 0.1) is 0 Å². The predicted octanol–water partition coefficient (Wildman–Crippen LogP) is 2.18. The van der Waals surface area contributed by atoms with Gasteiger partial charge in [0.2, 0.25) is 0 Å². The average Bonchev–Trinajstić information content (AvgIpc) is 2.61. The second-order valence-electron chi connectivity index (χ2n) is 3.47. The van der Waals surface area contributed by atoms with Gasteiger partial charge in [0.05, 0.1) is 0 Å². The Balaban J connectivity index is 2.15. The molecule has 1 aliphatic carbocycles. The maximum Gasteiger partial charge on any atom is 0.0434 e. The molecule has 1 aromatic carbocycles. The number of hydrogen-bond acceptors (Lipinski definition) is 1. The molecule has 1 aliphatic rings. The number of aliphatic hydroxyl groups excluding tert-OH is 1. The molecule has 1 aromatic rings. The van der Waals surface area contributed by atoms with E-state index in [-0.39, 0.29) is 6.61 Å². The molecule has 1 N–H and O–H groups in total. The van der Waals surface area contributed by atoms with Crippen molar-refractivity contribution in [1.29, 1.82) is 0 Å². The van der Waals surface area contributed by atoms with Crippen LogP contribution in [-0.4, -0.2) is 11.7 Å². The van der Waals surface area contributed by atoms with Crippen LogP contribution < -0.4 is 0 Å². The van der Waals surface area contributed by atoms with Crippen molar-refractivity contribution in [3.63, 3.8) is 0 Å². The van der Waals surface area contributed by atoms with Crippen LogP contribution in [0.1, 0.15) is 23.1 Å². The van der Waals surface area contributed by atoms with E-state index in [4.69, 9.17) is 5.11 Å². The quantitative estimate of drug-likeness (QED) is 0.744. The summed E-state index contributed by atoms with van der Waals surface area (Å²) in [5, 5.41) is 8.71. The zero-order chi connectivity index (χ0) is 9.10. The third kappa shape index (κ3) is 1.81. The van der Waals surface area contributed by atoms with Crippen LogP contribution in [0.15, 0.2) is 24.3 Å². The number of allylic oxidation sites excluding steroid dienone is 1. The van der Waals surface area contributed by atoms with Gasteiger partial charge in [0, 0.05) is 6.61 Å². The first-order valence-corrected chi connectivity index (χ1v) is 4.79. The Morgan fingerprint density at radius 2 is 2.23 bits per heavy atom. The molecule has 2 rings (SSSR count). The Hall–Kier alpha value is -1.08. The number of benzene rings is 1. The lowest BCUT2D eigenvalue weighted by atomic mass is 10.0. The van der Waals surface area contributed by atoms with Crippen LogP contribution in [0.5, 0.6) is 0 Å². The zero-order valence-electron chi connectivity index (χ0n) is 7.66. The maximum atomic E-state index is 8.71. The molecule has 0 fully saturated rings. The third-order valence-electron chi connectivity index (χ3n) is 2.47. The molecule has 0 heterocycles. The van der Waals surface area contributed by atoms with Crippen molar-refractivity contribution in [2.75, 3.05) is 6.61 Å². The molecule has 0 bridgehead atoms. The molecule has 0 saturated heterocycles. The van der Waals surface area contributed by atoms with E-state index >= 15 is 0 Å². The SMILES string of the molecule is OCCCc1ccc2c(c1)C=CC2. The normalized spacial score (nSPS) is 13.3. The van der Waals surface area contributed by atoms with Gasteiger partial charge < -0.3 is 5.11 Å². The summed E-state index contributed by atoms with van der Waals surface area (Å²) in [5.41, 5.74) is 4.11. The molecule has 1 heteroatoms. The molecule has 13 heavy (non-hydrogen) atoms. The van der Waals surface area contributed by atoms with Gasteiger partial charge in [0.15, 0.2) is 0 Å². The van der Waals surface area contributed by atoms with Crippen molar-refractivity contribution >= 4 is 6.08 Å². The monoisotopic (exact) mass is 174 g/mol. The number of rotatable bonds is 3. The smallest absolute Gasteiger partial charge is 0.0434 e. The van der Waals surface area contributed by atoms with E-state index in [1.54, 1.807) is 0 Å². The fourth-order valence-corrected chi connectivity index (χ4v) is 1.74. The molecule has 68 valence electrons. The Morgan fingerprint density at radius 1 is 1.31 bits per heavy atom. The average molecular weight is 174 g/mol. The highest BCUT2D eigenvalue weighted by molar-refractivity contribution is 5.60. The zero-order valence-corrected chi connectivity index (χ0v) is 7.66. The van der Waals surface area contributed by atoms with Gasteiger partial charge >= 0.3 is 0 Å². The fraction of sp³-hybridized carbons (Fsp3) is 0.333. The van der Waals surface area contributed by atoms with Crippen molar-refractivity contribution in [3.05, 3.63) is 41.0 Å². The van der Waals surface area contributed by atoms with E-state index in [0.29, 0.717) is 0 Å². The highest BCUT2D eigenvalue weighted by atomic mass is 16.2. The summed E-state index contributed by atoms with van der Waals surface area (Å²) in [6, 6.07) is 6.60. The molecular formula is C12H14O. The topological polar surface area (TPSA) is 20.2 Å². The minimum atomic E-state index is 0.285. The minimum absolute atomic E-state index is 0.285. The number of hydrogen-bond donors (Lipinski definition) is 1. The molecule has 0 aromatic heterocycles. The summed E-state index contributed by atoms with van der Waals surface area (Å²) in [5.74, 6) is 0. The summed E-state index contributed by atoms with van der Waals surface area (Å²) < 4.78 is 0. The molecule has 0 unspecified atom stereocenters. The Labute approximate surface area is 78.7 Å². The summed E-state index contributed by atoms with van der Waals surface area (Å²) in [6.07, 6.45) is 7.30. The first kappa shape index (κ1) is 8.52. The van der Waals surface area contributed by atoms with Gasteiger partial charge in [-0.2, -0.15) is 0 Å². The molecule has 0 atom stereocenters. The predicted molar refractivity (Wildman–Crippen MR) is 54.6 cm³/mol. The van der Waals surface area contributed by atoms with Crippen LogP contribution in [-0.2, 0) is 12.8 Å². The molecule has 0 radical (unpaired) electrons. The summed E-state index contributed by atoms with van der Waals surface area (Å²) in [6.45, 7) is 0.285. The van der Waals surface area contributed by atoms with Crippen molar-refractivity contribution in [2.45, 2.75) is 19.3 Å². The fourth-order valence-electron chi connectivity index (χ4n) is 1.74. The standard InChI is InChI=1S/C12H14O/c13-8-2-3-10-6-7-11-4-1-5-12(11)9-10/h1,5-7,9,13H,2-4,8H2. The Bertz CT molecular complexity index is 326. The maximum absolute atomic E-state index is 8.71. The van der Waals surface area contributed by atoms with Gasteiger partial charge in [-0.05, 0) is 36.0 Å². The van der Waals surface area contributed by atoms with Gasteiger partial charge in [-0.1, -0.05) is 30.4 Å². The Morgan fingerprint density at radius 3 is 3.08 bits per heavy atom. The first-order chi connectivity index (χ1) is 6.40. The van der Waals surface area contributed by atoms with Crippen LogP contribution in [0.2, 0.25) is 0 Å². The molecule has 0 saturated carbocycles. The second kappa shape index (κ2) is 3.75. The van der Waals surface area contributed by atoms with E-state index in [0.717, 1.165) is 19.3 Å². The third-order valence-corrected chi connectivity index (χ3v) is 2.47. The van der Waals surface area contributed by atoms with Gasteiger partial charge in [-0.3, -0.25) is 0 Å². The Kier molecular flexibility index (Phi) is 2.46. The largest absolute Gasteiger partial charge is 0.396 e. The summed E-state index contributed by atoms with van der Waals surface area (Å²) in [4.78, 5) is 0. The lowest BCUT2D eigenvalue weighted by Crippen LogP contribution is -1.91. The molecule has 0 spiro atoms. The highest BCUT2D eigenvalue weighted by Gasteiger charge is 2.04. The van der Waals surface area contributed by atoms with Gasteiger partial charge in [-0.25, -0.2) is 0 Å². The molecule has 0 aliphatic heterocycles.